The molecular formula is C23H23F3N2O3. The zero-order valence-electron chi connectivity index (χ0n) is 16.7. The maximum absolute atomic E-state index is 13.6. The number of phenols is 3. The number of benzene rings is 3. The maximum atomic E-state index is 13.6. The number of nitrogens with zero attached hydrogens (tertiary/aromatic N) is 1. The molecule has 164 valence electrons. The molecule has 4 N–H and O–H groups in total. The van der Waals surface area contributed by atoms with Gasteiger partial charge in [-0.25, -0.2) is 13.2 Å². The van der Waals surface area contributed by atoms with Crippen LogP contribution in [0, 0.1) is 17.5 Å². The Labute approximate surface area is 178 Å². The molecule has 0 fully saturated rings. The fraction of sp³-hybridized carbons (Fsp3) is 0.217. The van der Waals surface area contributed by atoms with Crippen LogP contribution in [-0.2, 0) is 19.6 Å². The molecule has 0 saturated heterocycles. The number of aromatic hydroxyl groups is 3. The van der Waals surface area contributed by atoms with Gasteiger partial charge in [0, 0.05) is 49.4 Å². The summed E-state index contributed by atoms with van der Waals surface area (Å²) in [4.78, 5) is 1.79. The number of hydrogen-bond acceptors (Lipinski definition) is 5. The van der Waals surface area contributed by atoms with E-state index in [4.69, 9.17) is 0 Å². The standard InChI is InChI=1S/C23H23F3N2O3/c24-18-1-4-21(29)15(9-18)12-27-7-8-28(13-16-10-19(25)2-5-22(16)30)14-17-11-20(26)3-6-23(17)31/h1-6,9-11,27,29-31H,7-8,12-14H2. The molecule has 0 atom stereocenters. The lowest BCUT2D eigenvalue weighted by atomic mass is 10.1. The third-order valence-corrected chi connectivity index (χ3v) is 4.83. The minimum atomic E-state index is -0.499. The predicted molar refractivity (Wildman–Crippen MR) is 110 cm³/mol. The van der Waals surface area contributed by atoms with Crippen molar-refractivity contribution in [2.75, 3.05) is 13.1 Å². The highest BCUT2D eigenvalue weighted by Gasteiger charge is 2.14. The van der Waals surface area contributed by atoms with Gasteiger partial charge < -0.3 is 20.6 Å². The van der Waals surface area contributed by atoms with E-state index in [2.05, 4.69) is 5.32 Å². The fourth-order valence-electron chi connectivity index (χ4n) is 3.21. The molecule has 0 amide bonds. The molecule has 0 heterocycles. The number of nitrogens with one attached hydrogen (secondary N) is 1. The highest BCUT2D eigenvalue weighted by Crippen LogP contribution is 2.24. The van der Waals surface area contributed by atoms with E-state index < -0.39 is 17.5 Å². The van der Waals surface area contributed by atoms with Crippen molar-refractivity contribution >= 4 is 0 Å². The summed E-state index contributed by atoms with van der Waals surface area (Å²) in [5, 5.41) is 33.0. The second kappa shape index (κ2) is 10.2. The van der Waals surface area contributed by atoms with Crippen LogP contribution >= 0.6 is 0 Å². The van der Waals surface area contributed by atoms with Crippen LogP contribution in [0.4, 0.5) is 13.2 Å². The van der Waals surface area contributed by atoms with E-state index in [1.165, 1.54) is 36.4 Å². The summed E-state index contributed by atoms with van der Waals surface area (Å²) in [7, 11) is 0. The molecule has 0 aromatic heterocycles. The summed E-state index contributed by atoms with van der Waals surface area (Å²) in [6, 6.07) is 10.9. The maximum Gasteiger partial charge on any atom is 0.123 e. The molecule has 3 aromatic rings. The first kappa shape index (κ1) is 22.5. The van der Waals surface area contributed by atoms with Crippen LogP contribution in [0.15, 0.2) is 54.6 Å². The fourth-order valence-corrected chi connectivity index (χ4v) is 3.21. The highest BCUT2D eigenvalue weighted by atomic mass is 19.1. The van der Waals surface area contributed by atoms with Crippen LogP contribution in [0.1, 0.15) is 16.7 Å². The molecule has 0 radical (unpaired) electrons. The Bertz CT molecular complexity index is 993. The van der Waals surface area contributed by atoms with Crippen LogP contribution in [0.2, 0.25) is 0 Å². The summed E-state index contributed by atoms with van der Waals surface area (Å²) in [5.41, 5.74) is 1.09. The Morgan fingerprint density at radius 3 is 1.55 bits per heavy atom. The lowest BCUT2D eigenvalue weighted by Gasteiger charge is -2.24. The molecular weight excluding hydrogens is 409 g/mol. The quantitative estimate of drug-likeness (QED) is 0.385. The Balaban J connectivity index is 1.69. The molecule has 0 unspecified atom stereocenters. The van der Waals surface area contributed by atoms with E-state index in [-0.39, 0.29) is 36.9 Å². The van der Waals surface area contributed by atoms with Crippen molar-refractivity contribution in [3.05, 3.63) is 88.7 Å². The lowest BCUT2D eigenvalue weighted by Crippen LogP contribution is -2.31. The van der Waals surface area contributed by atoms with Crippen molar-refractivity contribution in [1.29, 1.82) is 0 Å². The summed E-state index contributed by atoms with van der Waals surface area (Å²) in [5.74, 6) is -1.64. The Kier molecular flexibility index (Phi) is 7.38. The molecule has 0 spiro atoms. The van der Waals surface area contributed by atoms with Gasteiger partial charge in [-0.05, 0) is 54.6 Å². The van der Waals surface area contributed by atoms with Gasteiger partial charge in [-0.2, -0.15) is 0 Å². The normalized spacial score (nSPS) is 11.2. The zero-order valence-corrected chi connectivity index (χ0v) is 16.7. The van der Waals surface area contributed by atoms with Crippen LogP contribution in [0.25, 0.3) is 0 Å². The molecule has 3 rings (SSSR count). The van der Waals surface area contributed by atoms with Crippen LogP contribution < -0.4 is 5.32 Å². The molecule has 0 aliphatic rings. The largest absolute Gasteiger partial charge is 0.508 e. The van der Waals surface area contributed by atoms with E-state index >= 15 is 0 Å². The van der Waals surface area contributed by atoms with Gasteiger partial charge in [0.2, 0.25) is 0 Å². The first-order chi connectivity index (χ1) is 14.8. The summed E-state index contributed by atoms with van der Waals surface area (Å²) >= 11 is 0. The van der Waals surface area contributed by atoms with Crippen molar-refractivity contribution in [3.8, 4) is 17.2 Å². The number of phenolic OH excluding ortho intramolecular Hbond substituents is 3. The highest BCUT2D eigenvalue weighted by molar-refractivity contribution is 5.35. The van der Waals surface area contributed by atoms with Gasteiger partial charge in [-0.1, -0.05) is 0 Å². The smallest absolute Gasteiger partial charge is 0.123 e. The second-order valence-corrected chi connectivity index (χ2v) is 7.21. The topological polar surface area (TPSA) is 76.0 Å². The van der Waals surface area contributed by atoms with Gasteiger partial charge >= 0.3 is 0 Å². The van der Waals surface area contributed by atoms with Crippen LogP contribution in [0.3, 0.4) is 0 Å². The summed E-state index contributed by atoms with van der Waals surface area (Å²) < 4.78 is 40.6. The van der Waals surface area contributed by atoms with Gasteiger partial charge in [-0.15, -0.1) is 0 Å². The van der Waals surface area contributed by atoms with Gasteiger partial charge in [0.05, 0.1) is 0 Å². The zero-order chi connectivity index (χ0) is 22.4. The van der Waals surface area contributed by atoms with Crippen molar-refractivity contribution in [3.63, 3.8) is 0 Å². The monoisotopic (exact) mass is 432 g/mol. The van der Waals surface area contributed by atoms with E-state index in [1.54, 1.807) is 4.90 Å². The molecule has 31 heavy (non-hydrogen) atoms. The Morgan fingerprint density at radius 2 is 1.06 bits per heavy atom. The van der Waals surface area contributed by atoms with Crippen molar-refractivity contribution in [2.45, 2.75) is 19.6 Å². The molecule has 5 nitrogen and oxygen atoms in total. The van der Waals surface area contributed by atoms with Gasteiger partial charge in [0.1, 0.15) is 34.7 Å². The van der Waals surface area contributed by atoms with Crippen molar-refractivity contribution in [2.24, 2.45) is 0 Å². The molecule has 0 bridgehead atoms. The molecule has 8 heteroatoms. The Hall–Kier alpha value is -3.23. The number of halogens is 3. The lowest BCUT2D eigenvalue weighted by molar-refractivity contribution is 0.248. The van der Waals surface area contributed by atoms with Gasteiger partial charge in [-0.3, -0.25) is 4.90 Å². The van der Waals surface area contributed by atoms with E-state index in [9.17, 15) is 28.5 Å². The molecule has 0 aliphatic carbocycles. The minimum Gasteiger partial charge on any atom is -0.508 e. The molecule has 0 saturated carbocycles. The molecule has 0 aliphatic heterocycles. The van der Waals surface area contributed by atoms with Crippen LogP contribution in [-0.4, -0.2) is 33.3 Å². The van der Waals surface area contributed by atoms with E-state index in [0.717, 1.165) is 18.2 Å². The van der Waals surface area contributed by atoms with Crippen molar-refractivity contribution in [1.82, 2.24) is 10.2 Å². The second-order valence-electron chi connectivity index (χ2n) is 7.21. The number of rotatable bonds is 9. The average molecular weight is 432 g/mol. The summed E-state index contributed by atoms with van der Waals surface area (Å²) in [6.07, 6.45) is 0. The molecule has 3 aromatic carbocycles. The first-order valence-electron chi connectivity index (χ1n) is 9.67. The average Bonchev–Trinajstić information content (AvgIpc) is 2.73. The predicted octanol–water partition coefficient (Wildman–Crippen LogP) is 4.01. The summed E-state index contributed by atoms with van der Waals surface area (Å²) in [6.45, 7) is 1.27. The van der Waals surface area contributed by atoms with E-state index in [0.29, 0.717) is 29.8 Å². The number of hydrogen-bond donors (Lipinski definition) is 4. The van der Waals surface area contributed by atoms with Crippen LogP contribution in [0.5, 0.6) is 17.2 Å². The van der Waals surface area contributed by atoms with Crippen molar-refractivity contribution < 1.29 is 28.5 Å². The third-order valence-electron chi connectivity index (χ3n) is 4.83. The van der Waals surface area contributed by atoms with E-state index in [1.807, 2.05) is 0 Å². The minimum absolute atomic E-state index is 0.0277. The third kappa shape index (κ3) is 6.37. The Morgan fingerprint density at radius 1 is 0.645 bits per heavy atom. The first-order valence-corrected chi connectivity index (χ1v) is 9.67. The SMILES string of the molecule is Oc1ccc(F)cc1CNCCN(Cc1cc(F)ccc1O)Cc1cc(F)ccc1O. The van der Waals surface area contributed by atoms with Gasteiger partial charge in [0.25, 0.3) is 0 Å². The van der Waals surface area contributed by atoms with Gasteiger partial charge in [0.15, 0.2) is 0 Å².